The molecule has 0 bridgehead atoms. The van der Waals surface area contributed by atoms with E-state index in [1.54, 1.807) is 76.9 Å². The Morgan fingerprint density at radius 1 is 0.584 bits per heavy atom. The largest absolute Gasteiger partial charge is 0.461 e. The van der Waals surface area contributed by atoms with Crippen molar-refractivity contribution in [3.8, 4) is 0 Å². The molecule has 0 aliphatic heterocycles. The number of thioether (sulfide) groups is 2. The summed E-state index contributed by atoms with van der Waals surface area (Å²) in [6.45, 7) is 12.4. The number of para-hydroxylation sites is 1. The Morgan fingerprint density at radius 2 is 1.03 bits per heavy atom. The fraction of sp³-hybridized carbons (Fsp3) is 0.284. The van der Waals surface area contributed by atoms with Gasteiger partial charge in [-0.1, -0.05) is 239 Å². The molecule has 0 saturated heterocycles. The number of ether oxygens (including phenoxy) is 2. The first-order valence-electron chi connectivity index (χ1n) is 30.1. The highest BCUT2D eigenvalue weighted by Gasteiger charge is 2.41. The van der Waals surface area contributed by atoms with Gasteiger partial charge in [0.05, 0.1) is 46.1 Å². The molecule has 13 nitrogen and oxygen atoms in total. The summed E-state index contributed by atoms with van der Waals surface area (Å²) >= 11 is 3.20. The van der Waals surface area contributed by atoms with E-state index in [9.17, 15) is 24.6 Å². The van der Waals surface area contributed by atoms with Crippen LogP contribution in [0.4, 0.5) is 4.79 Å². The van der Waals surface area contributed by atoms with Crippen LogP contribution in [0.15, 0.2) is 237 Å². The van der Waals surface area contributed by atoms with Gasteiger partial charge in [0.15, 0.2) is 0 Å². The van der Waals surface area contributed by atoms with Crippen LogP contribution in [-0.4, -0.2) is 98.6 Å². The van der Waals surface area contributed by atoms with Gasteiger partial charge in [-0.05, 0) is 83.9 Å². The number of hydrogen-bond acceptors (Lipinski definition) is 11. The van der Waals surface area contributed by atoms with E-state index in [0.29, 0.717) is 28.6 Å². The molecule has 1 heterocycles. The average molecular weight is 1230 g/mol. The van der Waals surface area contributed by atoms with Crippen molar-refractivity contribution < 1.29 is 43.7 Å². The molecule has 0 aliphatic carbocycles. The number of fused-ring (bicyclic) bond motifs is 1. The molecule has 0 spiro atoms. The van der Waals surface area contributed by atoms with Crippen LogP contribution in [0.1, 0.15) is 92.8 Å². The number of carbonyl (C=O) groups is 5. The van der Waals surface area contributed by atoms with Gasteiger partial charge in [-0.15, -0.1) is 23.5 Å². The van der Waals surface area contributed by atoms with Gasteiger partial charge >= 0.3 is 12.1 Å². The molecule has 8 aromatic rings. The lowest BCUT2D eigenvalue weighted by Gasteiger charge is -2.37. The van der Waals surface area contributed by atoms with Crippen LogP contribution in [0.2, 0.25) is 0 Å². The third kappa shape index (κ3) is 17.2. The van der Waals surface area contributed by atoms with E-state index in [4.69, 9.17) is 9.47 Å². The molecular formula is C74H80N4O9S2. The molecule has 0 unspecified atom stereocenters. The van der Waals surface area contributed by atoms with Crippen molar-refractivity contribution >= 4 is 64.2 Å². The first-order chi connectivity index (χ1) is 42.9. The van der Waals surface area contributed by atoms with Gasteiger partial charge in [0.1, 0.15) is 24.3 Å². The van der Waals surface area contributed by atoms with Crippen molar-refractivity contribution in [2.75, 3.05) is 18.1 Å². The predicted octanol–water partition coefficient (Wildman–Crippen LogP) is 12.7. The van der Waals surface area contributed by atoms with E-state index in [0.717, 1.165) is 33.4 Å². The van der Waals surface area contributed by atoms with Crippen molar-refractivity contribution in [2.24, 2.45) is 5.92 Å². The summed E-state index contributed by atoms with van der Waals surface area (Å²) in [5.74, 6) is -2.54. The van der Waals surface area contributed by atoms with E-state index < -0.39 is 94.0 Å². The summed E-state index contributed by atoms with van der Waals surface area (Å²) in [5.41, 5.74) is 6.26. The molecule has 1 aromatic heterocycles. The van der Waals surface area contributed by atoms with Crippen molar-refractivity contribution in [1.82, 2.24) is 20.5 Å². The number of benzene rings is 7. The molecule has 3 amide bonds. The monoisotopic (exact) mass is 1230 g/mol. The summed E-state index contributed by atoms with van der Waals surface area (Å²) in [4.78, 5) is 71.9. The van der Waals surface area contributed by atoms with Crippen LogP contribution in [0.3, 0.4) is 0 Å². The first-order valence-corrected chi connectivity index (χ1v) is 32.0. The van der Waals surface area contributed by atoms with Crippen LogP contribution in [0.5, 0.6) is 0 Å². The summed E-state index contributed by atoms with van der Waals surface area (Å²) in [6.07, 6.45) is 2.75. The number of amides is 3. The maximum atomic E-state index is 15.5. The van der Waals surface area contributed by atoms with E-state index in [2.05, 4.69) is 58.9 Å². The van der Waals surface area contributed by atoms with Crippen molar-refractivity contribution in [1.29, 1.82) is 0 Å². The molecule has 7 aromatic carbocycles. The Morgan fingerprint density at radius 3 is 1.49 bits per heavy atom. The highest BCUT2D eigenvalue weighted by molar-refractivity contribution is 8.00. The minimum Gasteiger partial charge on any atom is -0.461 e. The third-order valence-electron chi connectivity index (χ3n) is 15.2. The van der Waals surface area contributed by atoms with Gasteiger partial charge in [-0.2, -0.15) is 0 Å². The van der Waals surface area contributed by atoms with E-state index in [-0.39, 0.29) is 18.8 Å². The number of nitrogens with zero attached hydrogens (tertiary/aromatic N) is 1. The van der Waals surface area contributed by atoms with Crippen LogP contribution in [-0.2, 0) is 44.6 Å². The molecule has 5 N–H and O–H groups in total. The molecule has 462 valence electrons. The number of aliphatic hydroxyl groups excluding tert-OH is 2. The van der Waals surface area contributed by atoms with Gasteiger partial charge in [-0.25, -0.2) is 4.79 Å². The van der Waals surface area contributed by atoms with E-state index in [1.165, 1.54) is 22.4 Å². The van der Waals surface area contributed by atoms with Gasteiger partial charge in [0, 0.05) is 23.8 Å². The number of rotatable bonds is 29. The van der Waals surface area contributed by atoms with Gasteiger partial charge in [0.2, 0.25) is 17.7 Å². The lowest BCUT2D eigenvalue weighted by atomic mass is 9.84. The maximum Gasteiger partial charge on any atom is 0.419 e. The van der Waals surface area contributed by atoms with Crippen LogP contribution < -0.4 is 16.0 Å². The van der Waals surface area contributed by atoms with Crippen LogP contribution in [0.25, 0.3) is 10.9 Å². The number of nitrogens with one attached hydrogen (secondary N) is 3. The Labute approximate surface area is 531 Å². The smallest absolute Gasteiger partial charge is 0.419 e. The quantitative estimate of drug-likeness (QED) is 0.0130. The Hall–Kier alpha value is -8.47. The molecular weight excluding hydrogens is 1150 g/mol. The van der Waals surface area contributed by atoms with Crippen molar-refractivity contribution in [3.05, 3.63) is 276 Å². The molecule has 89 heavy (non-hydrogen) atoms. The lowest BCUT2D eigenvalue weighted by Crippen LogP contribution is -2.58. The highest BCUT2D eigenvalue weighted by atomic mass is 32.2. The zero-order valence-corrected chi connectivity index (χ0v) is 52.7. The second kappa shape index (κ2) is 31.6. The molecule has 5 atom stereocenters. The molecule has 8 rings (SSSR count). The minimum absolute atomic E-state index is 0.0535. The fourth-order valence-corrected chi connectivity index (χ4v) is 14.1. The number of esters is 1. The normalized spacial score (nSPS) is 13.6. The fourth-order valence-electron chi connectivity index (χ4n) is 11.0. The number of aromatic nitrogens is 1. The highest BCUT2D eigenvalue weighted by Crippen LogP contribution is 2.50. The first kappa shape index (κ1) is 66.5. The van der Waals surface area contributed by atoms with Crippen molar-refractivity contribution in [3.63, 3.8) is 0 Å². The summed E-state index contributed by atoms with van der Waals surface area (Å²) < 4.78 is 10.9. The van der Waals surface area contributed by atoms with E-state index in [1.807, 2.05) is 158 Å². The summed E-state index contributed by atoms with van der Waals surface area (Å²) in [7, 11) is 0. The zero-order valence-electron chi connectivity index (χ0n) is 51.1. The summed E-state index contributed by atoms with van der Waals surface area (Å²) in [6, 6.07) is 64.2. The van der Waals surface area contributed by atoms with Gasteiger partial charge in [-0.3, -0.25) is 23.7 Å². The number of aliphatic hydroxyl groups is 2. The Kier molecular flexibility index (Phi) is 23.6. The van der Waals surface area contributed by atoms with Crippen LogP contribution in [0, 0.1) is 5.92 Å². The van der Waals surface area contributed by atoms with Crippen molar-refractivity contribution in [2.45, 2.75) is 106 Å². The molecule has 0 radical (unpaired) electrons. The van der Waals surface area contributed by atoms with E-state index >= 15 is 9.59 Å². The molecule has 0 aliphatic rings. The Bertz CT molecular complexity index is 3430. The topological polar surface area (TPSA) is 185 Å². The SMILES string of the molecule is C=CCOC(=O)C[C@H](O)[C@H](NC(=O)[C@@H](CSC(c1ccccc1)(c1ccccc1)c1ccccc1)NC(=O)[C@@H](Cc1cn(C(=O)OC(C)(C)C)c2ccccc12)NC(=O)C[C@H](O)/C=C/CCSC(c1ccccc1)(c1ccccc1)c1ccccc1)C(C)C. The van der Waals surface area contributed by atoms with Crippen LogP contribution >= 0.6 is 23.5 Å². The second-order valence-electron chi connectivity index (χ2n) is 23.1. The third-order valence-corrected chi connectivity index (χ3v) is 18.4. The lowest BCUT2D eigenvalue weighted by molar-refractivity contribution is -0.145. The minimum atomic E-state index is -1.39. The maximum absolute atomic E-state index is 15.5. The number of hydrogen-bond donors (Lipinski definition) is 5. The number of carbonyl (C=O) groups excluding carboxylic acids is 5. The van der Waals surface area contributed by atoms with Gasteiger partial charge < -0.3 is 35.6 Å². The average Bonchev–Trinajstić information content (AvgIpc) is 1.41. The molecule has 0 saturated carbocycles. The molecule has 0 fully saturated rings. The summed E-state index contributed by atoms with van der Waals surface area (Å²) in [5, 5.41) is 32.7. The molecule has 15 heteroatoms. The van der Waals surface area contributed by atoms with Gasteiger partial charge in [0.25, 0.3) is 0 Å². The Balaban J connectivity index is 1.11. The second-order valence-corrected chi connectivity index (χ2v) is 25.7. The standard InChI is InChI=1S/C74H80N4O9S2/c1-7-45-86-67(82)49-65(80)68(52(2)3)77-70(84)63(51-89-74(57-36-20-11-21-37-57,58-38-22-12-23-39-58)59-40-24-13-25-41-59)76-69(83)62(47-53-50-78(71(85)87-72(4,5)6)64-44-27-26-43-61(53)64)75-66(81)48-60(79)42-28-29-46-88-73(54-30-14-8-15-31-54,55-32-16-9-17-33-55)56-34-18-10-19-35-56/h7-28,30-44,50,52,60,62-63,65,68,79-80H,1,29,45-49,51H2,2-6H3,(H,75,81)(H,76,83)(H,77,84)/b42-28+/t60-,62-,63-,65+,68-/m1/s1. The number of allylic oxidation sites excluding steroid dienone is 1. The predicted molar refractivity (Wildman–Crippen MR) is 357 cm³/mol. The zero-order chi connectivity index (χ0) is 63.4.